The standard InChI is InChI=1S/C35H36BrClN4O4S/c1-7-13-44-33(42)30-23(6)38-34-39-35(46-19-24-11-9-10-12-28(24)37)40-41(34)31(30)25-16-27(36)32(29(17-25)43-8-2)45-18-26-15-21(4)20(3)14-22(26)5/h7,9-12,14-17,31H,1,8,13,18-19H2,2-6H3,(H,38,39,40). The van der Waals surface area contributed by atoms with Gasteiger partial charge in [-0.3, -0.25) is 0 Å². The topological polar surface area (TPSA) is 87.5 Å². The normalized spacial score (nSPS) is 14.0. The van der Waals surface area contributed by atoms with E-state index in [1.807, 2.05) is 50.2 Å². The zero-order chi connectivity index (χ0) is 33.0. The van der Waals surface area contributed by atoms with E-state index in [1.165, 1.54) is 29.0 Å². The molecule has 1 atom stereocenters. The summed E-state index contributed by atoms with van der Waals surface area (Å²) in [4.78, 5) is 18.3. The maximum absolute atomic E-state index is 13.5. The maximum Gasteiger partial charge on any atom is 0.338 e. The monoisotopic (exact) mass is 722 g/mol. The lowest BCUT2D eigenvalue weighted by Crippen LogP contribution is -2.29. The van der Waals surface area contributed by atoms with Gasteiger partial charge in [0.15, 0.2) is 11.5 Å². The Labute approximate surface area is 287 Å². The van der Waals surface area contributed by atoms with Gasteiger partial charge in [-0.25, -0.2) is 9.48 Å². The number of nitrogens with one attached hydrogen (secondary N) is 1. The molecule has 1 aromatic heterocycles. The molecule has 2 heterocycles. The Hall–Kier alpha value is -3.73. The van der Waals surface area contributed by atoms with Crippen molar-refractivity contribution in [3.8, 4) is 11.5 Å². The summed E-state index contributed by atoms with van der Waals surface area (Å²) in [6.45, 7) is 14.6. The van der Waals surface area contributed by atoms with Crippen LogP contribution in [0.2, 0.25) is 5.02 Å². The number of anilines is 1. The van der Waals surface area contributed by atoms with Crippen LogP contribution >= 0.6 is 39.3 Å². The van der Waals surface area contributed by atoms with E-state index in [0.717, 1.165) is 22.3 Å². The Bertz CT molecular complexity index is 1820. The Morgan fingerprint density at radius 3 is 2.59 bits per heavy atom. The molecule has 11 heteroatoms. The van der Waals surface area contributed by atoms with Gasteiger partial charge in [0.25, 0.3) is 0 Å². The Kier molecular flexibility index (Phi) is 10.8. The number of carbonyl (C=O) groups is 1. The Morgan fingerprint density at radius 1 is 1.09 bits per heavy atom. The van der Waals surface area contributed by atoms with Crippen molar-refractivity contribution in [1.29, 1.82) is 0 Å². The highest BCUT2D eigenvalue weighted by atomic mass is 79.9. The number of benzene rings is 3. The molecule has 8 nitrogen and oxygen atoms in total. The number of carbonyl (C=O) groups excluding carboxylic acids is 1. The van der Waals surface area contributed by atoms with Crippen molar-refractivity contribution < 1.29 is 19.0 Å². The van der Waals surface area contributed by atoms with Crippen molar-refractivity contribution in [3.63, 3.8) is 0 Å². The molecule has 4 aromatic rings. The fourth-order valence-corrected chi connectivity index (χ4v) is 6.90. The van der Waals surface area contributed by atoms with Crippen LogP contribution in [-0.2, 0) is 21.9 Å². The third-order valence-corrected chi connectivity index (χ3v) is 9.52. The molecule has 0 bridgehead atoms. The minimum atomic E-state index is -0.665. The molecular formula is C35H36BrClN4O4S. The first-order valence-corrected chi connectivity index (χ1v) is 17.0. The quantitative estimate of drug-likeness (QED) is 0.0882. The highest BCUT2D eigenvalue weighted by molar-refractivity contribution is 9.10. The SMILES string of the molecule is C=CCOC(=O)C1=C(C)Nc2nc(SCc3ccccc3Cl)nn2C1c1cc(Br)c(OCc2cc(C)c(C)cc2C)c(OCC)c1. The van der Waals surface area contributed by atoms with Gasteiger partial charge >= 0.3 is 5.97 Å². The fraction of sp³-hybridized carbons (Fsp3) is 0.286. The van der Waals surface area contributed by atoms with Crippen LogP contribution < -0.4 is 14.8 Å². The van der Waals surface area contributed by atoms with Crippen molar-refractivity contribution in [1.82, 2.24) is 14.8 Å². The van der Waals surface area contributed by atoms with Crippen LogP contribution in [0.15, 0.2) is 82.1 Å². The number of esters is 1. The summed E-state index contributed by atoms with van der Waals surface area (Å²) in [6.07, 6.45) is 1.54. The van der Waals surface area contributed by atoms with E-state index in [2.05, 4.69) is 60.7 Å². The van der Waals surface area contributed by atoms with Gasteiger partial charge in [0.05, 0.1) is 16.7 Å². The number of aromatic nitrogens is 3. The van der Waals surface area contributed by atoms with E-state index in [4.69, 9.17) is 35.9 Å². The molecule has 0 spiro atoms. The second kappa shape index (κ2) is 14.8. The zero-order valence-corrected chi connectivity index (χ0v) is 29.6. The van der Waals surface area contributed by atoms with Crippen LogP contribution in [0.25, 0.3) is 0 Å². The van der Waals surface area contributed by atoms with E-state index in [1.54, 1.807) is 4.68 Å². The van der Waals surface area contributed by atoms with E-state index in [9.17, 15) is 4.79 Å². The number of aryl methyl sites for hydroxylation is 3. The van der Waals surface area contributed by atoms with E-state index >= 15 is 0 Å². The molecule has 0 amide bonds. The summed E-state index contributed by atoms with van der Waals surface area (Å²) in [7, 11) is 0. The molecule has 0 saturated heterocycles. The van der Waals surface area contributed by atoms with Crippen LogP contribution in [0.3, 0.4) is 0 Å². The smallest absolute Gasteiger partial charge is 0.338 e. The number of fused-ring (bicyclic) bond motifs is 1. The molecule has 0 aliphatic carbocycles. The lowest BCUT2D eigenvalue weighted by atomic mass is 9.95. The number of halogens is 2. The molecule has 1 N–H and O–H groups in total. The highest BCUT2D eigenvalue weighted by Crippen LogP contribution is 2.44. The second-order valence-electron chi connectivity index (χ2n) is 10.9. The minimum absolute atomic E-state index is 0.0735. The molecule has 0 fully saturated rings. The summed E-state index contributed by atoms with van der Waals surface area (Å²) >= 11 is 11.6. The molecule has 240 valence electrons. The molecule has 1 unspecified atom stereocenters. The number of thioether (sulfide) groups is 1. The second-order valence-corrected chi connectivity index (χ2v) is 13.1. The molecule has 0 saturated carbocycles. The number of hydrogen-bond acceptors (Lipinski definition) is 8. The van der Waals surface area contributed by atoms with Crippen molar-refractivity contribution >= 4 is 51.2 Å². The zero-order valence-electron chi connectivity index (χ0n) is 26.4. The average molecular weight is 724 g/mol. The third kappa shape index (κ3) is 7.29. The van der Waals surface area contributed by atoms with Gasteiger partial charge in [0.2, 0.25) is 11.1 Å². The number of nitrogens with zero attached hydrogens (tertiary/aromatic N) is 3. The van der Waals surface area contributed by atoms with Crippen molar-refractivity contribution in [3.05, 3.63) is 115 Å². The average Bonchev–Trinajstić information content (AvgIpc) is 3.43. The molecular weight excluding hydrogens is 688 g/mol. The lowest BCUT2D eigenvalue weighted by Gasteiger charge is -2.29. The first kappa shape index (κ1) is 33.6. The fourth-order valence-electron chi connectivity index (χ4n) is 5.21. The predicted molar refractivity (Wildman–Crippen MR) is 187 cm³/mol. The summed E-state index contributed by atoms with van der Waals surface area (Å²) < 4.78 is 20.4. The van der Waals surface area contributed by atoms with E-state index < -0.39 is 12.0 Å². The number of ether oxygens (including phenoxy) is 3. The van der Waals surface area contributed by atoms with E-state index in [-0.39, 0.29) is 6.61 Å². The van der Waals surface area contributed by atoms with Gasteiger partial charge < -0.3 is 19.5 Å². The number of rotatable bonds is 12. The first-order chi connectivity index (χ1) is 22.1. The molecule has 3 aromatic carbocycles. The van der Waals surface area contributed by atoms with Gasteiger partial charge in [-0.05, 0) is 102 Å². The molecule has 0 radical (unpaired) electrons. The third-order valence-electron chi connectivity index (χ3n) is 7.67. The van der Waals surface area contributed by atoms with Gasteiger partial charge in [0.1, 0.15) is 19.3 Å². The van der Waals surface area contributed by atoms with Gasteiger partial charge in [0, 0.05) is 16.5 Å². The summed E-state index contributed by atoms with van der Waals surface area (Å²) in [5.74, 6) is 1.72. The van der Waals surface area contributed by atoms with Crippen LogP contribution in [0, 0.1) is 20.8 Å². The van der Waals surface area contributed by atoms with Crippen LogP contribution in [0.5, 0.6) is 11.5 Å². The van der Waals surface area contributed by atoms with Crippen LogP contribution in [-0.4, -0.2) is 33.9 Å². The molecule has 5 rings (SSSR count). The summed E-state index contributed by atoms with van der Waals surface area (Å²) in [6, 6.07) is 15.2. The van der Waals surface area contributed by atoms with Gasteiger partial charge in [-0.15, -0.1) is 5.10 Å². The number of allylic oxidation sites excluding steroid dienone is 1. The largest absolute Gasteiger partial charge is 0.490 e. The lowest BCUT2D eigenvalue weighted by molar-refractivity contribution is -0.138. The minimum Gasteiger partial charge on any atom is -0.490 e. The van der Waals surface area contributed by atoms with Crippen LogP contribution in [0.4, 0.5) is 5.95 Å². The van der Waals surface area contributed by atoms with E-state index in [0.29, 0.717) is 62.3 Å². The van der Waals surface area contributed by atoms with Crippen molar-refractivity contribution in [2.75, 3.05) is 18.5 Å². The predicted octanol–water partition coefficient (Wildman–Crippen LogP) is 8.91. The molecule has 46 heavy (non-hydrogen) atoms. The van der Waals surface area contributed by atoms with Crippen molar-refractivity contribution in [2.45, 2.75) is 58.2 Å². The number of hydrogen-bond donors (Lipinski definition) is 1. The van der Waals surface area contributed by atoms with Gasteiger partial charge in [-0.2, -0.15) is 4.98 Å². The van der Waals surface area contributed by atoms with Crippen molar-refractivity contribution in [2.24, 2.45) is 0 Å². The first-order valence-electron chi connectivity index (χ1n) is 14.9. The maximum atomic E-state index is 13.5. The van der Waals surface area contributed by atoms with Gasteiger partial charge in [-0.1, -0.05) is 66.3 Å². The Balaban J connectivity index is 1.53. The Morgan fingerprint density at radius 2 is 1.85 bits per heavy atom. The summed E-state index contributed by atoms with van der Waals surface area (Å²) in [5.41, 5.74) is 7.44. The highest BCUT2D eigenvalue weighted by Gasteiger charge is 2.36. The summed E-state index contributed by atoms with van der Waals surface area (Å²) in [5, 5.41) is 9.31. The molecule has 1 aliphatic rings. The molecule has 1 aliphatic heterocycles. The van der Waals surface area contributed by atoms with Crippen LogP contribution in [0.1, 0.15) is 53.3 Å².